The van der Waals surface area contributed by atoms with Gasteiger partial charge in [0.1, 0.15) is 11.5 Å². The molecule has 6 heteroatoms. The number of hydrogen-bond acceptors (Lipinski definition) is 5. The number of nitrogens with one attached hydrogen (secondary N) is 1. The van der Waals surface area contributed by atoms with Crippen molar-refractivity contribution in [2.24, 2.45) is 0 Å². The molecule has 0 saturated carbocycles. The first-order valence-corrected chi connectivity index (χ1v) is 7.92. The molecular formula is C17H21N5O. The Bertz CT molecular complexity index is 636. The Morgan fingerprint density at radius 1 is 1.09 bits per heavy atom. The summed E-state index contributed by atoms with van der Waals surface area (Å²) in [7, 11) is 0. The minimum atomic E-state index is -0.244. The number of aromatic nitrogens is 2. The van der Waals surface area contributed by atoms with E-state index in [-0.39, 0.29) is 5.91 Å². The monoisotopic (exact) mass is 311 g/mol. The van der Waals surface area contributed by atoms with Gasteiger partial charge in [0, 0.05) is 31.9 Å². The van der Waals surface area contributed by atoms with Gasteiger partial charge in [-0.3, -0.25) is 4.79 Å². The van der Waals surface area contributed by atoms with Crippen LogP contribution in [0.4, 0.5) is 11.5 Å². The van der Waals surface area contributed by atoms with Gasteiger partial charge in [-0.25, -0.2) is 9.97 Å². The number of hydrogen-bond donors (Lipinski definition) is 1. The van der Waals surface area contributed by atoms with Crippen molar-refractivity contribution >= 4 is 17.4 Å². The van der Waals surface area contributed by atoms with Crippen LogP contribution < -0.4 is 10.2 Å². The minimum Gasteiger partial charge on any atom is -0.353 e. The van der Waals surface area contributed by atoms with E-state index in [0.29, 0.717) is 5.69 Å². The summed E-state index contributed by atoms with van der Waals surface area (Å²) in [5, 5.41) is 2.81. The molecule has 0 atom stereocenters. The van der Waals surface area contributed by atoms with Gasteiger partial charge in [-0.1, -0.05) is 25.1 Å². The molecule has 1 aliphatic rings. The summed E-state index contributed by atoms with van der Waals surface area (Å²) in [6.45, 7) is 7.22. The maximum atomic E-state index is 12.1. The fourth-order valence-electron chi connectivity index (χ4n) is 2.61. The van der Waals surface area contributed by atoms with E-state index in [9.17, 15) is 4.79 Å². The quantitative estimate of drug-likeness (QED) is 0.934. The van der Waals surface area contributed by atoms with Crippen molar-refractivity contribution in [2.45, 2.75) is 6.92 Å². The molecule has 0 bridgehead atoms. The number of amides is 1. The summed E-state index contributed by atoms with van der Waals surface area (Å²) < 4.78 is 0. The highest BCUT2D eigenvalue weighted by atomic mass is 16.1. The first kappa shape index (κ1) is 15.4. The minimum absolute atomic E-state index is 0.244. The molecule has 120 valence electrons. The second-order valence-corrected chi connectivity index (χ2v) is 5.50. The third-order valence-corrected chi connectivity index (χ3v) is 4.05. The lowest BCUT2D eigenvalue weighted by Gasteiger charge is -2.34. The highest BCUT2D eigenvalue weighted by Crippen LogP contribution is 2.13. The lowest BCUT2D eigenvalue weighted by Crippen LogP contribution is -2.46. The van der Waals surface area contributed by atoms with E-state index in [1.165, 1.54) is 0 Å². The lowest BCUT2D eigenvalue weighted by atomic mass is 10.3. The number of piperazine rings is 1. The smallest absolute Gasteiger partial charge is 0.275 e. The van der Waals surface area contributed by atoms with Crippen LogP contribution in [0.25, 0.3) is 0 Å². The summed E-state index contributed by atoms with van der Waals surface area (Å²) >= 11 is 0. The van der Waals surface area contributed by atoms with Gasteiger partial charge in [0.25, 0.3) is 5.91 Å². The van der Waals surface area contributed by atoms with Gasteiger partial charge >= 0.3 is 0 Å². The molecule has 1 N–H and O–H groups in total. The van der Waals surface area contributed by atoms with E-state index in [1.54, 1.807) is 12.4 Å². The number of benzene rings is 1. The van der Waals surface area contributed by atoms with Crippen LogP contribution in [0.1, 0.15) is 17.4 Å². The fraction of sp³-hybridized carbons (Fsp3) is 0.353. The molecule has 0 radical (unpaired) electrons. The molecule has 23 heavy (non-hydrogen) atoms. The fourth-order valence-corrected chi connectivity index (χ4v) is 2.61. The first-order chi connectivity index (χ1) is 11.3. The number of nitrogens with zero attached hydrogens (tertiary/aromatic N) is 4. The number of rotatable bonds is 4. The Morgan fingerprint density at radius 2 is 1.83 bits per heavy atom. The van der Waals surface area contributed by atoms with Crippen molar-refractivity contribution in [3.05, 3.63) is 48.4 Å². The normalized spacial score (nSPS) is 15.4. The SMILES string of the molecule is CCN1CCN(c2cnc(C(=O)Nc3ccccc3)cn2)CC1. The first-order valence-electron chi connectivity index (χ1n) is 7.92. The summed E-state index contributed by atoms with van der Waals surface area (Å²) in [5.41, 5.74) is 1.07. The van der Waals surface area contributed by atoms with Crippen LogP contribution in [0.3, 0.4) is 0 Å². The molecular weight excluding hydrogens is 290 g/mol. The largest absolute Gasteiger partial charge is 0.353 e. The van der Waals surface area contributed by atoms with Crippen molar-refractivity contribution in [2.75, 3.05) is 42.9 Å². The van der Waals surface area contributed by atoms with E-state index in [0.717, 1.165) is 44.2 Å². The van der Waals surface area contributed by atoms with Gasteiger partial charge < -0.3 is 15.1 Å². The van der Waals surface area contributed by atoms with Crippen LogP contribution >= 0.6 is 0 Å². The summed E-state index contributed by atoms with van der Waals surface area (Å²) in [6, 6.07) is 9.34. The Balaban J connectivity index is 1.62. The standard InChI is InChI=1S/C17H21N5O/c1-2-21-8-10-22(11-9-21)16-13-18-15(12-19-16)17(23)20-14-6-4-3-5-7-14/h3-7,12-13H,2,8-11H2,1H3,(H,20,23). The predicted octanol–water partition coefficient (Wildman–Crippen LogP) is 1.87. The Kier molecular flexibility index (Phi) is 4.83. The Morgan fingerprint density at radius 3 is 2.43 bits per heavy atom. The van der Waals surface area contributed by atoms with E-state index >= 15 is 0 Å². The van der Waals surface area contributed by atoms with Crippen molar-refractivity contribution in [3.63, 3.8) is 0 Å². The van der Waals surface area contributed by atoms with Gasteiger partial charge in [-0.15, -0.1) is 0 Å². The molecule has 1 aliphatic heterocycles. The van der Waals surface area contributed by atoms with Gasteiger partial charge in [-0.05, 0) is 18.7 Å². The van der Waals surface area contributed by atoms with Gasteiger partial charge in [0.05, 0.1) is 12.4 Å². The maximum Gasteiger partial charge on any atom is 0.275 e. The molecule has 1 fully saturated rings. The van der Waals surface area contributed by atoms with Crippen LogP contribution in [-0.4, -0.2) is 53.5 Å². The molecule has 1 aromatic carbocycles. The third-order valence-electron chi connectivity index (χ3n) is 4.05. The number of anilines is 2. The highest BCUT2D eigenvalue weighted by molar-refractivity contribution is 6.02. The van der Waals surface area contributed by atoms with Crippen molar-refractivity contribution in [1.29, 1.82) is 0 Å². The number of carbonyl (C=O) groups is 1. The molecule has 1 saturated heterocycles. The van der Waals surface area contributed by atoms with Gasteiger partial charge in [-0.2, -0.15) is 0 Å². The van der Waals surface area contributed by atoms with Gasteiger partial charge in [0.2, 0.25) is 0 Å². The molecule has 1 aromatic heterocycles. The summed E-state index contributed by atoms with van der Waals surface area (Å²) in [4.78, 5) is 25.4. The van der Waals surface area contributed by atoms with E-state index in [1.807, 2.05) is 30.3 Å². The van der Waals surface area contributed by atoms with Crippen LogP contribution in [0, 0.1) is 0 Å². The number of para-hydroxylation sites is 1. The molecule has 6 nitrogen and oxygen atoms in total. The Hall–Kier alpha value is -2.47. The van der Waals surface area contributed by atoms with Crippen LogP contribution in [-0.2, 0) is 0 Å². The maximum absolute atomic E-state index is 12.1. The van der Waals surface area contributed by atoms with E-state index in [4.69, 9.17) is 0 Å². The van der Waals surface area contributed by atoms with Crippen LogP contribution in [0.15, 0.2) is 42.7 Å². The van der Waals surface area contributed by atoms with Gasteiger partial charge in [0.15, 0.2) is 0 Å². The molecule has 1 amide bonds. The number of carbonyl (C=O) groups excluding carboxylic acids is 1. The zero-order valence-corrected chi connectivity index (χ0v) is 13.3. The van der Waals surface area contributed by atoms with E-state index in [2.05, 4.69) is 32.0 Å². The summed E-state index contributed by atoms with van der Waals surface area (Å²) in [5.74, 6) is 0.586. The molecule has 2 aromatic rings. The molecule has 3 rings (SSSR count). The summed E-state index contributed by atoms with van der Waals surface area (Å²) in [6.07, 6.45) is 3.22. The molecule has 0 spiro atoms. The molecule has 0 unspecified atom stereocenters. The second kappa shape index (κ2) is 7.19. The lowest BCUT2D eigenvalue weighted by molar-refractivity contribution is 0.102. The Labute approximate surface area is 136 Å². The molecule has 0 aliphatic carbocycles. The number of likely N-dealkylation sites (N-methyl/N-ethyl adjacent to an activating group) is 1. The third kappa shape index (κ3) is 3.84. The van der Waals surface area contributed by atoms with Crippen LogP contribution in [0.5, 0.6) is 0 Å². The zero-order valence-electron chi connectivity index (χ0n) is 13.3. The van der Waals surface area contributed by atoms with E-state index < -0.39 is 0 Å². The highest BCUT2D eigenvalue weighted by Gasteiger charge is 2.17. The van der Waals surface area contributed by atoms with Crippen molar-refractivity contribution in [1.82, 2.24) is 14.9 Å². The predicted molar refractivity (Wildman–Crippen MR) is 90.8 cm³/mol. The second-order valence-electron chi connectivity index (χ2n) is 5.50. The van der Waals surface area contributed by atoms with Crippen molar-refractivity contribution in [3.8, 4) is 0 Å². The molecule has 2 heterocycles. The van der Waals surface area contributed by atoms with Crippen molar-refractivity contribution < 1.29 is 4.79 Å². The zero-order chi connectivity index (χ0) is 16.1. The average molecular weight is 311 g/mol. The topological polar surface area (TPSA) is 61.4 Å². The average Bonchev–Trinajstić information content (AvgIpc) is 2.63. The van der Waals surface area contributed by atoms with Crippen LogP contribution in [0.2, 0.25) is 0 Å².